The second-order valence-electron chi connectivity index (χ2n) is 3.98. The molecule has 1 amide bonds. The number of amides is 1. The zero-order chi connectivity index (χ0) is 12.5. The van der Waals surface area contributed by atoms with E-state index in [2.05, 4.69) is 41.0 Å². The van der Waals surface area contributed by atoms with Gasteiger partial charge in [0.25, 0.3) is 0 Å². The first-order chi connectivity index (χ1) is 8.22. The van der Waals surface area contributed by atoms with Crippen LogP contribution in [0.15, 0.2) is 30.3 Å². The summed E-state index contributed by atoms with van der Waals surface area (Å²) in [5, 5.41) is 13.4. The summed E-state index contributed by atoms with van der Waals surface area (Å²) in [6, 6.07) is 11.4. The molecule has 0 bridgehead atoms. The minimum Gasteiger partial charge on any atom is -0.465 e. The van der Waals surface area contributed by atoms with Crippen molar-refractivity contribution < 1.29 is 9.90 Å². The number of benzene rings is 1. The Morgan fingerprint density at radius 1 is 1.33 bits per heavy atom. The minimum absolute atomic E-state index is 0. The van der Waals surface area contributed by atoms with E-state index < -0.39 is 6.09 Å². The molecule has 4 nitrogen and oxygen atoms in total. The first-order valence-electron chi connectivity index (χ1n) is 5.96. The molecule has 1 aromatic carbocycles. The second kappa shape index (κ2) is 9.74. The number of carboxylic acid groups (broad SMARTS) is 1. The van der Waals surface area contributed by atoms with E-state index in [1.807, 2.05) is 0 Å². The molecule has 3 N–H and O–H groups in total. The molecular weight excluding hydrogens is 252 g/mol. The van der Waals surface area contributed by atoms with Gasteiger partial charge in [-0.1, -0.05) is 30.3 Å². The average molecular weight is 273 g/mol. The molecular formula is C13H21ClN2O2. The normalized spacial score (nSPS) is 12.7. The van der Waals surface area contributed by atoms with Gasteiger partial charge in [-0.25, -0.2) is 4.79 Å². The molecule has 18 heavy (non-hydrogen) atoms. The highest BCUT2D eigenvalue weighted by Gasteiger charge is 2.19. The van der Waals surface area contributed by atoms with E-state index >= 15 is 0 Å². The van der Waals surface area contributed by atoms with Crippen LogP contribution in [0.5, 0.6) is 0 Å². The maximum absolute atomic E-state index is 9.49. The van der Waals surface area contributed by atoms with E-state index in [0.717, 1.165) is 12.6 Å². The third kappa shape index (κ3) is 8.84. The molecule has 0 saturated heterocycles. The van der Waals surface area contributed by atoms with Gasteiger partial charge in [0.05, 0.1) is 0 Å². The first kappa shape index (κ1) is 16.7. The Labute approximate surface area is 114 Å². The lowest BCUT2D eigenvalue weighted by Crippen LogP contribution is -2.19. The molecule has 2 rings (SSSR count). The average Bonchev–Trinajstić information content (AvgIpc) is 3.12. The summed E-state index contributed by atoms with van der Waals surface area (Å²) in [5.74, 6) is 0. The Hall–Kier alpha value is -1.26. The Bertz CT molecular complexity index is 329. The SMILES string of the molecule is CCNC(=O)O.Cl.c1ccc(CNC2CC2)cc1. The van der Waals surface area contributed by atoms with Crippen LogP contribution in [0.25, 0.3) is 0 Å². The van der Waals surface area contributed by atoms with Gasteiger partial charge in [0.1, 0.15) is 0 Å². The smallest absolute Gasteiger partial charge is 0.404 e. The summed E-state index contributed by atoms with van der Waals surface area (Å²) in [5.41, 5.74) is 1.39. The quantitative estimate of drug-likeness (QED) is 0.790. The Kier molecular flexibility index (Phi) is 9.06. The fourth-order valence-electron chi connectivity index (χ4n) is 1.30. The maximum Gasteiger partial charge on any atom is 0.404 e. The fraction of sp³-hybridized carbons (Fsp3) is 0.462. The molecule has 0 atom stereocenters. The Balaban J connectivity index is 0.000000362. The predicted octanol–water partition coefficient (Wildman–Crippen LogP) is 2.63. The molecule has 0 unspecified atom stereocenters. The fourth-order valence-corrected chi connectivity index (χ4v) is 1.30. The van der Waals surface area contributed by atoms with Crippen molar-refractivity contribution in [2.45, 2.75) is 32.4 Å². The lowest BCUT2D eigenvalue weighted by molar-refractivity contribution is 0.195. The van der Waals surface area contributed by atoms with Crippen molar-refractivity contribution in [1.82, 2.24) is 10.6 Å². The standard InChI is InChI=1S/C10H13N.C3H7NO2.ClH/c1-2-4-9(5-3-1)8-11-10-6-7-10;1-2-4-3(5)6;/h1-5,10-11H,6-8H2;4H,2H2,1H3,(H,5,6);1H. The summed E-state index contributed by atoms with van der Waals surface area (Å²) in [6.45, 7) is 3.24. The summed E-state index contributed by atoms with van der Waals surface area (Å²) >= 11 is 0. The minimum atomic E-state index is -0.961. The van der Waals surface area contributed by atoms with Gasteiger partial charge in [-0.2, -0.15) is 0 Å². The highest BCUT2D eigenvalue weighted by Crippen LogP contribution is 2.19. The molecule has 1 aromatic rings. The van der Waals surface area contributed by atoms with Crippen molar-refractivity contribution in [2.75, 3.05) is 6.54 Å². The Morgan fingerprint density at radius 3 is 2.33 bits per heavy atom. The first-order valence-corrected chi connectivity index (χ1v) is 5.96. The van der Waals surface area contributed by atoms with Crippen LogP contribution in [0.1, 0.15) is 25.3 Å². The predicted molar refractivity (Wildman–Crippen MR) is 75.3 cm³/mol. The van der Waals surface area contributed by atoms with Gasteiger partial charge in [-0.05, 0) is 25.3 Å². The third-order valence-electron chi connectivity index (χ3n) is 2.34. The molecule has 0 spiro atoms. The van der Waals surface area contributed by atoms with E-state index in [1.54, 1.807) is 6.92 Å². The van der Waals surface area contributed by atoms with Gasteiger partial charge in [-0.3, -0.25) is 0 Å². The number of rotatable bonds is 4. The van der Waals surface area contributed by atoms with Crippen molar-refractivity contribution in [3.63, 3.8) is 0 Å². The van der Waals surface area contributed by atoms with Gasteiger partial charge in [-0.15, -0.1) is 12.4 Å². The summed E-state index contributed by atoms with van der Waals surface area (Å²) < 4.78 is 0. The van der Waals surface area contributed by atoms with Crippen LogP contribution in [0.4, 0.5) is 4.79 Å². The van der Waals surface area contributed by atoms with Gasteiger partial charge < -0.3 is 15.7 Å². The Morgan fingerprint density at radius 2 is 1.94 bits per heavy atom. The lowest BCUT2D eigenvalue weighted by Gasteiger charge is -2.00. The molecule has 1 fully saturated rings. The zero-order valence-corrected chi connectivity index (χ0v) is 11.4. The molecule has 1 saturated carbocycles. The molecule has 1 aliphatic rings. The number of hydrogen-bond acceptors (Lipinski definition) is 2. The number of halogens is 1. The zero-order valence-electron chi connectivity index (χ0n) is 10.6. The van der Waals surface area contributed by atoms with Crippen molar-refractivity contribution in [2.24, 2.45) is 0 Å². The van der Waals surface area contributed by atoms with Crippen LogP contribution < -0.4 is 10.6 Å². The van der Waals surface area contributed by atoms with E-state index in [1.165, 1.54) is 18.4 Å². The monoisotopic (exact) mass is 272 g/mol. The van der Waals surface area contributed by atoms with Crippen molar-refractivity contribution in [3.8, 4) is 0 Å². The van der Waals surface area contributed by atoms with Gasteiger partial charge in [0, 0.05) is 19.1 Å². The van der Waals surface area contributed by atoms with E-state index in [9.17, 15) is 4.79 Å². The van der Waals surface area contributed by atoms with Crippen molar-refractivity contribution in [3.05, 3.63) is 35.9 Å². The highest BCUT2D eigenvalue weighted by molar-refractivity contribution is 5.85. The topological polar surface area (TPSA) is 61.4 Å². The third-order valence-corrected chi connectivity index (χ3v) is 2.34. The number of nitrogens with one attached hydrogen (secondary N) is 2. The van der Waals surface area contributed by atoms with Crippen LogP contribution in [-0.2, 0) is 6.54 Å². The van der Waals surface area contributed by atoms with E-state index in [-0.39, 0.29) is 12.4 Å². The molecule has 1 aliphatic carbocycles. The second-order valence-corrected chi connectivity index (χ2v) is 3.98. The van der Waals surface area contributed by atoms with E-state index in [0.29, 0.717) is 6.54 Å². The van der Waals surface area contributed by atoms with Crippen LogP contribution in [0.2, 0.25) is 0 Å². The summed E-state index contributed by atoms with van der Waals surface area (Å²) in [4.78, 5) is 9.49. The van der Waals surface area contributed by atoms with Crippen molar-refractivity contribution in [1.29, 1.82) is 0 Å². The lowest BCUT2D eigenvalue weighted by atomic mass is 10.2. The summed E-state index contributed by atoms with van der Waals surface area (Å²) in [7, 11) is 0. The number of carbonyl (C=O) groups is 1. The molecule has 0 aromatic heterocycles. The van der Waals surface area contributed by atoms with Crippen LogP contribution in [-0.4, -0.2) is 23.8 Å². The summed E-state index contributed by atoms with van der Waals surface area (Å²) in [6.07, 6.45) is 1.78. The molecule has 5 heteroatoms. The molecule has 102 valence electrons. The molecule has 0 radical (unpaired) electrons. The van der Waals surface area contributed by atoms with Gasteiger partial charge in [0.15, 0.2) is 0 Å². The van der Waals surface area contributed by atoms with Crippen LogP contribution in [0, 0.1) is 0 Å². The maximum atomic E-state index is 9.49. The molecule has 0 aliphatic heterocycles. The van der Waals surface area contributed by atoms with Gasteiger partial charge >= 0.3 is 6.09 Å². The van der Waals surface area contributed by atoms with E-state index in [4.69, 9.17) is 5.11 Å². The number of hydrogen-bond donors (Lipinski definition) is 3. The van der Waals surface area contributed by atoms with Gasteiger partial charge in [0.2, 0.25) is 0 Å². The molecule has 0 heterocycles. The van der Waals surface area contributed by atoms with Crippen LogP contribution >= 0.6 is 12.4 Å². The largest absolute Gasteiger partial charge is 0.465 e. The van der Waals surface area contributed by atoms with Crippen molar-refractivity contribution >= 4 is 18.5 Å². The highest BCUT2D eigenvalue weighted by atomic mass is 35.5. The van der Waals surface area contributed by atoms with Crippen LogP contribution in [0.3, 0.4) is 0 Å².